The van der Waals surface area contributed by atoms with E-state index in [1.807, 2.05) is 80.6 Å². The number of pyridine rings is 1. The summed E-state index contributed by atoms with van der Waals surface area (Å²) in [6.07, 6.45) is 2.38. The maximum atomic E-state index is 12.5. The van der Waals surface area contributed by atoms with E-state index in [4.69, 9.17) is 14.3 Å². The van der Waals surface area contributed by atoms with Gasteiger partial charge in [-0.1, -0.05) is 61.5 Å². The number of carbonyl (C=O) groups excluding carboxylic acids is 1. The van der Waals surface area contributed by atoms with Crippen molar-refractivity contribution in [2.45, 2.75) is 40.2 Å². The number of rotatable bonds is 14. The van der Waals surface area contributed by atoms with Crippen LogP contribution in [0.3, 0.4) is 0 Å². The second kappa shape index (κ2) is 14.8. The smallest absolute Gasteiger partial charge is 0.323 e. The van der Waals surface area contributed by atoms with Gasteiger partial charge in [0.2, 0.25) is 0 Å². The molecule has 196 valence electrons. The molecule has 0 bridgehead atoms. The molecule has 2 aromatic carbocycles. The number of aromatic nitrogens is 1. The number of likely N-dealkylation sites (N-methyl/N-ethyl adjacent to an activating group) is 1. The molecule has 0 aliphatic carbocycles. The predicted octanol–water partition coefficient (Wildman–Crippen LogP) is 5.38. The summed E-state index contributed by atoms with van der Waals surface area (Å²) in [4.78, 5) is 24.4. The largest absolute Gasteiger partial charge is 0.490 e. The number of hydrogen-bond acceptors (Lipinski definition) is 7. The van der Waals surface area contributed by atoms with Gasteiger partial charge in [-0.3, -0.25) is 14.7 Å². The number of oxime groups is 1. The number of carbonyl (C=O) groups is 1. The van der Waals surface area contributed by atoms with Gasteiger partial charge in [0.25, 0.3) is 0 Å². The molecule has 0 aliphatic heterocycles. The van der Waals surface area contributed by atoms with Gasteiger partial charge in [-0.2, -0.15) is 0 Å². The Labute approximate surface area is 220 Å². The number of esters is 1. The Morgan fingerprint density at radius 1 is 0.946 bits per heavy atom. The van der Waals surface area contributed by atoms with Crippen molar-refractivity contribution in [3.05, 3.63) is 84.1 Å². The van der Waals surface area contributed by atoms with Crippen LogP contribution < -0.4 is 4.74 Å². The lowest BCUT2D eigenvalue weighted by Gasteiger charge is -2.27. The predicted molar refractivity (Wildman–Crippen MR) is 147 cm³/mol. The lowest BCUT2D eigenvalue weighted by molar-refractivity contribution is -0.149. The zero-order valence-electron chi connectivity index (χ0n) is 22.2. The van der Waals surface area contributed by atoms with E-state index in [-0.39, 0.29) is 12.0 Å². The average Bonchev–Trinajstić information content (AvgIpc) is 2.94. The standard InChI is InChI=1S/C30H37N3O4/c1-5-33(6-2)29(30(34)35-7-3)22-24-11-17-27(18-12-24)36-20-21-37-32-23(4)25-13-15-26(16-14-25)28-10-8-9-19-31-28/h8-19,29H,5-7,20-22H2,1-4H3/b32-23-. The van der Waals surface area contributed by atoms with Crippen molar-refractivity contribution in [1.29, 1.82) is 0 Å². The van der Waals surface area contributed by atoms with Gasteiger partial charge in [0.05, 0.1) is 18.0 Å². The van der Waals surface area contributed by atoms with Crippen molar-refractivity contribution < 1.29 is 19.1 Å². The van der Waals surface area contributed by atoms with Crippen LogP contribution in [-0.2, 0) is 20.8 Å². The summed E-state index contributed by atoms with van der Waals surface area (Å²) in [6.45, 7) is 10.5. The van der Waals surface area contributed by atoms with Crippen LogP contribution in [0.4, 0.5) is 0 Å². The molecular formula is C30H37N3O4. The fraction of sp³-hybridized carbons (Fsp3) is 0.367. The Morgan fingerprint density at radius 3 is 2.30 bits per heavy atom. The normalized spacial score (nSPS) is 12.3. The van der Waals surface area contributed by atoms with Crippen LogP contribution >= 0.6 is 0 Å². The number of nitrogens with zero attached hydrogens (tertiary/aromatic N) is 3. The van der Waals surface area contributed by atoms with Crippen LogP contribution in [0.15, 0.2) is 78.1 Å². The van der Waals surface area contributed by atoms with E-state index >= 15 is 0 Å². The molecule has 3 rings (SSSR count). The highest BCUT2D eigenvalue weighted by atomic mass is 16.6. The van der Waals surface area contributed by atoms with E-state index in [2.05, 4.69) is 28.9 Å². The lowest BCUT2D eigenvalue weighted by Crippen LogP contribution is -2.43. The zero-order valence-corrected chi connectivity index (χ0v) is 22.2. The summed E-state index contributed by atoms with van der Waals surface area (Å²) in [5.41, 5.74) is 4.83. The van der Waals surface area contributed by atoms with E-state index in [1.54, 1.807) is 6.20 Å². The SMILES string of the molecule is CCOC(=O)C(Cc1ccc(OCCO/N=C(/C)c2ccc(-c3ccccn3)cc2)cc1)N(CC)CC. The van der Waals surface area contributed by atoms with Crippen LogP contribution in [-0.4, -0.2) is 60.5 Å². The van der Waals surface area contributed by atoms with Crippen LogP contribution in [0.1, 0.15) is 38.8 Å². The van der Waals surface area contributed by atoms with Gasteiger partial charge in [-0.15, -0.1) is 0 Å². The van der Waals surface area contributed by atoms with Crippen LogP contribution in [0.25, 0.3) is 11.3 Å². The quantitative estimate of drug-likeness (QED) is 0.127. The molecule has 0 spiro atoms. The third-order valence-corrected chi connectivity index (χ3v) is 6.07. The molecule has 0 amide bonds. The second-order valence-corrected chi connectivity index (χ2v) is 8.49. The lowest BCUT2D eigenvalue weighted by atomic mass is 10.0. The van der Waals surface area contributed by atoms with Crippen molar-refractivity contribution in [1.82, 2.24) is 9.88 Å². The summed E-state index contributed by atoms with van der Waals surface area (Å²) in [6, 6.07) is 21.5. The molecule has 0 N–H and O–H groups in total. The van der Waals surface area contributed by atoms with Gasteiger partial charge in [-0.05, 0) is 68.8 Å². The summed E-state index contributed by atoms with van der Waals surface area (Å²) < 4.78 is 11.1. The second-order valence-electron chi connectivity index (χ2n) is 8.49. The molecule has 0 saturated carbocycles. The molecule has 37 heavy (non-hydrogen) atoms. The van der Waals surface area contributed by atoms with Gasteiger partial charge < -0.3 is 14.3 Å². The van der Waals surface area contributed by atoms with Crippen LogP contribution in [0, 0.1) is 0 Å². The van der Waals surface area contributed by atoms with E-state index in [0.29, 0.717) is 26.2 Å². The minimum atomic E-state index is -0.289. The summed E-state index contributed by atoms with van der Waals surface area (Å²) in [5.74, 6) is 0.567. The highest BCUT2D eigenvalue weighted by Crippen LogP contribution is 2.18. The van der Waals surface area contributed by atoms with Gasteiger partial charge in [0.1, 0.15) is 18.4 Å². The summed E-state index contributed by atoms with van der Waals surface area (Å²) in [7, 11) is 0. The number of ether oxygens (including phenoxy) is 2. The molecule has 0 saturated heterocycles. The van der Waals surface area contributed by atoms with E-state index in [0.717, 1.165) is 46.9 Å². The monoisotopic (exact) mass is 503 g/mol. The highest BCUT2D eigenvalue weighted by molar-refractivity contribution is 5.98. The fourth-order valence-electron chi connectivity index (χ4n) is 4.02. The maximum absolute atomic E-state index is 12.5. The molecule has 0 radical (unpaired) electrons. The first-order valence-corrected chi connectivity index (χ1v) is 12.9. The van der Waals surface area contributed by atoms with Crippen molar-refractivity contribution in [2.24, 2.45) is 5.16 Å². The molecule has 7 nitrogen and oxygen atoms in total. The van der Waals surface area contributed by atoms with E-state index in [1.165, 1.54) is 0 Å². The third kappa shape index (κ3) is 8.43. The summed E-state index contributed by atoms with van der Waals surface area (Å²) in [5, 5.41) is 4.21. The van der Waals surface area contributed by atoms with Crippen molar-refractivity contribution in [3.63, 3.8) is 0 Å². The number of benzene rings is 2. The molecule has 1 unspecified atom stereocenters. The molecule has 0 fully saturated rings. The summed E-state index contributed by atoms with van der Waals surface area (Å²) >= 11 is 0. The Morgan fingerprint density at radius 2 is 1.68 bits per heavy atom. The Balaban J connectivity index is 1.46. The number of hydrogen-bond donors (Lipinski definition) is 0. The van der Waals surface area contributed by atoms with Gasteiger partial charge in [-0.25, -0.2) is 0 Å². The van der Waals surface area contributed by atoms with Crippen molar-refractivity contribution in [2.75, 3.05) is 32.9 Å². The molecule has 7 heteroatoms. The topological polar surface area (TPSA) is 73.2 Å². The molecule has 1 heterocycles. The minimum Gasteiger partial charge on any atom is -0.490 e. The molecule has 0 aliphatic rings. The Hall–Kier alpha value is -3.71. The first-order valence-electron chi connectivity index (χ1n) is 12.9. The molecule has 1 atom stereocenters. The van der Waals surface area contributed by atoms with Gasteiger partial charge in [0, 0.05) is 11.8 Å². The highest BCUT2D eigenvalue weighted by Gasteiger charge is 2.25. The van der Waals surface area contributed by atoms with E-state index < -0.39 is 0 Å². The Kier molecular flexibility index (Phi) is 11.1. The minimum absolute atomic E-state index is 0.177. The van der Waals surface area contributed by atoms with E-state index in [9.17, 15) is 4.79 Å². The zero-order chi connectivity index (χ0) is 26.5. The van der Waals surface area contributed by atoms with Gasteiger partial charge in [0.15, 0.2) is 6.61 Å². The van der Waals surface area contributed by atoms with Crippen LogP contribution in [0.5, 0.6) is 5.75 Å². The van der Waals surface area contributed by atoms with Crippen LogP contribution in [0.2, 0.25) is 0 Å². The van der Waals surface area contributed by atoms with Gasteiger partial charge >= 0.3 is 5.97 Å². The molecule has 1 aromatic heterocycles. The maximum Gasteiger partial charge on any atom is 0.323 e. The van der Waals surface area contributed by atoms with Crippen molar-refractivity contribution in [3.8, 4) is 17.0 Å². The third-order valence-electron chi connectivity index (χ3n) is 6.07. The van der Waals surface area contributed by atoms with Crippen molar-refractivity contribution >= 4 is 11.7 Å². The average molecular weight is 504 g/mol. The first-order chi connectivity index (χ1) is 18.0. The first kappa shape index (κ1) is 27.9. The molecule has 3 aromatic rings. The molecular weight excluding hydrogens is 466 g/mol. The Bertz CT molecular complexity index is 1110. The fourth-order valence-corrected chi connectivity index (χ4v) is 4.02.